The van der Waals surface area contributed by atoms with Gasteiger partial charge in [0.05, 0.1) is 19.8 Å². The first-order chi connectivity index (χ1) is 9.31. The number of aliphatic hydroxyl groups is 1. The molecule has 1 rings (SSSR count). The molecule has 1 atom stereocenters. The van der Waals surface area contributed by atoms with Gasteiger partial charge in [-0.3, -0.25) is 9.80 Å². The van der Waals surface area contributed by atoms with E-state index >= 15 is 0 Å². The van der Waals surface area contributed by atoms with Gasteiger partial charge in [0.25, 0.3) is 0 Å². The SMILES string of the molecule is CCC(CCN)N1CCCN(CCOCCO)CC1. The molecule has 0 saturated carbocycles. The summed E-state index contributed by atoms with van der Waals surface area (Å²) >= 11 is 0. The highest BCUT2D eigenvalue weighted by Gasteiger charge is 2.20. The molecule has 0 aromatic rings. The van der Waals surface area contributed by atoms with E-state index in [1.54, 1.807) is 0 Å². The Morgan fingerprint density at radius 3 is 2.74 bits per heavy atom. The lowest BCUT2D eigenvalue weighted by Gasteiger charge is -2.29. The van der Waals surface area contributed by atoms with Crippen LogP contribution >= 0.6 is 0 Å². The van der Waals surface area contributed by atoms with Gasteiger partial charge in [-0.1, -0.05) is 6.92 Å². The van der Waals surface area contributed by atoms with Gasteiger partial charge in [0, 0.05) is 25.7 Å². The van der Waals surface area contributed by atoms with E-state index in [1.807, 2.05) is 0 Å². The van der Waals surface area contributed by atoms with Crippen molar-refractivity contribution in [3.8, 4) is 0 Å². The van der Waals surface area contributed by atoms with Crippen molar-refractivity contribution in [3.05, 3.63) is 0 Å². The molecule has 19 heavy (non-hydrogen) atoms. The quantitative estimate of drug-likeness (QED) is 0.585. The van der Waals surface area contributed by atoms with Crippen molar-refractivity contribution in [2.24, 2.45) is 5.73 Å². The molecule has 1 aliphatic rings. The molecule has 0 bridgehead atoms. The van der Waals surface area contributed by atoms with Crippen LogP contribution in [-0.2, 0) is 4.74 Å². The number of nitrogens with two attached hydrogens (primary N) is 1. The van der Waals surface area contributed by atoms with Crippen LogP contribution in [0.25, 0.3) is 0 Å². The van der Waals surface area contributed by atoms with E-state index in [9.17, 15) is 0 Å². The third-order valence-electron chi connectivity index (χ3n) is 3.90. The summed E-state index contributed by atoms with van der Waals surface area (Å²) in [5, 5.41) is 8.67. The van der Waals surface area contributed by atoms with Crippen LogP contribution in [0.4, 0.5) is 0 Å². The van der Waals surface area contributed by atoms with Gasteiger partial charge < -0.3 is 15.6 Å². The van der Waals surface area contributed by atoms with Crippen LogP contribution in [0.15, 0.2) is 0 Å². The van der Waals surface area contributed by atoms with E-state index < -0.39 is 0 Å². The van der Waals surface area contributed by atoms with E-state index in [1.165, 1.54) is 19.4 Å². The van der Waals surface area contributed by atoms with Crippen LogP contribution in [0, 0.1) is 0 Å². The Morgan fingerprint density at radius 1 is 1.21 bits per heavy atom. The largest absolute Gasteiger partial charge is 0.394 e. The van der Waals surface area contributed by atoms with Gasteiger partial charge in [0.15, 0.2) is 0 Å². The molecule has 114 valence electrons. The van der Waals surface area contributed by atoms with E-state index in [-0.39, 0.29) is 6.61 Å². The van der Waals surface area contributed by atoms with Crippen molar-refractivity contribution in [2.45, 2.75) is 32.2 Å². The monoisotopic (exact) mass is 273 g/mol. The molecule has 0 aliphatic carbocycles. The fourth-order valence-electron chi connectivity index (χ4n) is 2.78. The van der Waals surface area contributed by atoms with Crippen LogP contribution in [0.3, 0.4) is 0 Å². The standard InChI is InChI=1S/C14H31N3O2/c1-2-14(4-5-15)17-7-3-6-16(8-9-17)10-12-19-13-11-18/h14,18H,2-13,15H2,1H3. The molecule has 0 spiro atoms. The molecule has 1 saturated heterocycles. The van der Waals surface area contributed by atoms with Crippen molar-refractivity contribution in [3.63, 3.8) is 0 Å². The Kier molecular flexibility index (Phi) is 9.38. The second-order valence-corrected chi connectivity index (χ2v) is 5.21. The normalized spacial score (nSPS) is 20.4. The van der Waals surface area contributed by atoms with Crippen LogP contribution in [0.2, 0.25) is 0 Å². The summed E-state index contributed by atoms with van der Waals surface area (Å²) < 4.78 is 5.34. The van der Waals surface area contributed by atoms with Gasteiger partial charge in [-0.05, 0) is 38.9 Å². The second-order valence-electron chi connectivity index (χ2n) is 5.21. The predicted molar refractivity (Wildman–Crippen MR) is 78.3 cm³/mol. The Balaban J connectivity index is 2.26. The average Bonchev–Trinajstić information content (AvgIpc) is 2.66. The van der Waals surface area contributed by atoms with Crippen molar-refractivity contribution >= 4 is 0 Å². The van der Waals surface area contributed by atoms with Crippen molar-refractivity contribution in [1.29, 1.82) is 0 Å². The van der Waals surface area contributed by atoms with E-state index in [0.29, 0.717) is 12.6 Å². The van der Waals surface area contributed by atoms with Crippen LogP contribution in [0.1, 0.15) is 26.2 Å². The molecule has 0 aromatic heterocycles. The minimum Gasteiger partial charge on any atom is -0.394 e. The van der Waals surface area contributed by atoms with Gasteiger partial charge in [-0.15, -0.1) is 0 Å². The summed E-state index contributed by atoms with van der Waals surface area (Å²) in [4.78, 5) is 5.06. The smallest absolute Gasteiger partial charge is 0.0698 e. The number of rotatable bonds is 9. The lowest BCUT2D eigenvalue weighted by atomic mass is 10.1. The van der Waals surface area contributed by atoms with E-state index in [4.69, 9.17) is 15.6 Å². The molecule has 1 fully saturated rings. The van der Waals surface area contributed by atoms with E-state index in [0.717, 1.165) is 45.8 Å². The van der Waals surface area contributed by atoms with Gasteiger partial charge >= 0.3 is 0 Å². The minimum atomic E-state index is 0.116. The fraction of sp³-hybridized carbons (Fsp3) is 1.00. The molecule has 1 aliphatic heterocycles. The Morgan fingerprint density at radius 2 is 2.05 bits per heavy atom. The van der Waals surface area contributed by atoms with Crippen LogP contribution < -0.4 is 5.73 Å². The maximum atomic E-state index is 8.67. The summed E-state index contributed by atoms with van der Waals surface area (Å²) in [6, 6.07) is 0.649. The number of aliphatic hydroxyl groups excluding tert-OH is 1. The molecule has 3 N–H and O–H groups in total. The molecular formula is C14H31N3O2. The fourth-order valence-corrected chi connectivity index (χ4v) is 2.78. The lowest BCUT2D eigenvalue weighted by Crippen LogP contribution is -2.39. The molecule has 0 radical (unpaired) electrons. The van der Waals surface area contributed by atoms with E-state index in [2.05, 4.69) is 16.7 Å². The molecule has 0 amide bonds. The summed E-state index contributed by atoms with van der Waals surface area (Å²) in [6.45, 7) is 9.90. The molecule has 1 unspecified atom stereocenters. The maximum Gasteiger partial charge on any atom is 0.0698 e. The Bertz CT molecular complexity index is 217. The summed E-state index contributed by atoms with van der Waals surface area (Å²) in [6.07, 6.45) is 3.52. The minimum absolute atomic E-state index is 0.116. The molecule has 5 nitrogen and oxygen atoms in total. The lowest BCUT2D eigenvalue weighted by molar-refractivity contribution is 0.0738. The Labute approximate surface area is 117 Å². The zero-order valence-corrected chi connectivity index (χ0v) is 12.4. The third kappa shape index (κ3) is 6.68. The zero-order chi connectivity index (χ0) is 13.9. The van der Waals surface area contributed by atoms with Gasteiger partial charge in [0.2, 0.25) is 0 Å². The third-order valence-corrected chi connectivity index (χ3v) is 3.90. The van der Waals surface area contributed by atoms with Gasteiger partial charge in [-0.2, -0.15) is 0 Å². The second kappa shape index (κ2) is 10.6. The van der Waals surface area contributed by atoms with Gasteiger partial charge in [0.1, 0.15) is 0 Å². The van der Waals surface area contributed by atoms with Crippen molar-refractivity contribution < 1.29 is 9.84 Å². The summed E-state index contributed by atoms with van der Waals surface area (Å²) in [5.74, 6) is 0. The summed E-state index contributed by atoms with van der Waals surface area (Å²) in [7, 11) is 0. The Hall–Kier alpha value is -0.200. The molecular weight excluding hydrogens is 242 g/mol. The number of hydrogen-bond acceptors (Lipinski definition) is 5. The van der Waals surface area contributed by atoms with Crippen molar-refractivity contribution in [2.75, 3.05) is 59.1 Å². The van der Waals surface area contributed by atoms with Crippen LogP contribution in [-0.4, -0.2) is 80.0 Å². The van der Waals surface area contributed by atoms with Crippen molar-refractivity contribution in [1.82, 2.24) is 9.80 Å². The molecule has 0 aromatic carbocycles. The topological polar surface area (TPSA) is 62.0 Å². The highest BCUT2D eigenvalue weighted by molar-refractivity contribution is 4.76. The summed E-state index contributed by atoms with van der Waals surface area (Å²) in [5.41, 5.74) is 5.70. The maximum absolute atomic E-state index is 8.67. The first-order valence-electron chi connectivity index (χ1n) is 7.66. The molecule has 5 heteroatoms. The highest BCUT2D eigenvalue weighted by atomic mass is 16.5. The molecule has 1 heterocycles. The average molecular weight is 273 g/mol. The highest BCUT2D eigenvalue weighted by Crippen LogP contribution is 2.12. The number of hydrogen-bond donors (Lipinski definition) is 2. The van der Waals surface area contributed by atoms with Gasteiger partial charge in [-0.25, -0.2) is 0 Å². The van der Waals surface area contributed by atoms with Crippen LogP contribution in [0.5, 0.6) is 0 Å². The first-order valence-corrected chi connectivity index (χ1v) is 7.66. The predicted octanol–water partition coefficient (Wildman–Crippen LogP) is 0.130. The number of ether oxygens (including phenoxy) is 1. The zero-order valence-electron chi connectivity index (χ0n) is 12.4. The first kappa shape index (κ1) is 16.9. The number of nitrogens with zero attached hydrogens (tertiary/aromatic N) is 2.